The van der Waals surface area contributed by atoms with Crippen molar-refractivity contribution >= 4 is 11.0 Å². The summed E-state index contributed by atoms with van der Waals surface area (Å²) < 4.78 is 0. The average molecular weight is 282 g/mol. The maximum absolute atomic E-state index is 4.72. The van der Waals surface area contributed by atoms with Gasteiger partial charge in [0.15, 0.2) is 0 Å². The van der Waals surface area contributed by atoms with Gasteiger partial charge >= 0.3 is 0 Å². The summed E-state index contributed by atoms with van der Waals surface area (Å²) in [6.07, 6.45) is 1.84. The zero-order valence-electron chi connectivity index (χ0n) is 12.0. The average Bonchev–Trinajstić information content (AvgIpc) is 2.62. The zero-order valence-corrected chi connectivity index (χ0v) is 12.0. The van der Waals surface area contributed by atoms with Crippen molar-refractivity contribution in [1.29, 1.82) is 0 Å². The van der Waals surface area contributed by atoms with Gasteiger partial charge in [-0.2, -0.15) is 0 Å². The van der Waals surface area contributed by atoms with Crippen LogP contribution >= 0.6 is 0 Å². The van der Waals surface area contributed by atoms with Crippen molar-refractivity contribution in [2.75, 3.05) is 0 Å². The molecule has 0 N–H and O–H groups in total. The fraction of sp³-hybridized carbons (Fsp3) is 0. The molecule has 22 heavy (non-hydrogen) atoms. The fourth-order valence-electron chi connectivity index (χ4n) is 2.57. The first-order valence-electron chi connectivity index (χ1n) is 7.28. The normalized spacial score (nSPS) is 10.7. The second kappa shape index (κ2) is 5.41. The summed E-state index contributed by atoms with van der Waals surface area (Å²) in [5.74, 6) is 0. The van der Waals surface area contributed by atoms with Gasteiger partial charge in [0.1, 0.15) is 0 Å². The number of hydrogen-bond donors (Lipinski definition) is 0. The van der Waals surface area contributed by atoms with Crippen molar-refractivity contribution in [1.82, 2.24) is 9.97 Å². The summed E-state index contributed by atoms with van der Waals surface area (Å²) in [4.78, 5) is 9.30. The summed E-state index contributed by atoms with van der Waals surface area (Å²) in [6.45, 7) is 0. The maximum atomic E-state index is 4.72. The molecule has 3 aromatic carbocycles. The molecular weight excluding hydrogens is 268 g/mol. The second-order valence-electron chi connectivity index (χ2n) is 5.19. The minimum atomic E-state index is 0.903. The first-order chi connectivity index (χ1) is 10.9. The Morgan fingerprint density at radius 2 is 1.23 bits per heavy atom. The highest BCUT2D eigenvalue weighted by Crippen LogP contribution is 2.24. The van der Waals surface area contributed by atoms with Gasteiger partial charge in [0, 0.05) is 5.56 Å². The van der Waals surface area contributed by atoms with Gasteiger partial charge in [-0.15, -0.1) is 0 Å². The SMILES string of the molecule is c1ccc(-c2ccc3nc(-c4ccccc4)cnc3c2)cc1. The molecule has 2 nitrogen and oxygen atoms in total. The monoisotopic (exact) mass is 282 g/mol. The number of aromatic nitrogens is 2. The van der Waals surface area contributed by atoms with Crippen LogP contribution in [-0.2, 0) is 0 Å². The van der Waals surface area contributed by atoms with Crippen LogP contribution in [0.2, 0.25) is 0 Å². The molecule has 0 saturated heterocycles. The summed E-state index contributed by atoms with van der Waals surface area (Å²) >= 11 is 0. The van der Waals surface area contributed by atoms with E-state index in [-0.39, 0.29) is 0 Å². The fourth-order valence-corrected chi connectivity index (χ4v) is 2.57. The molecule has 0 amide bonds. The third-order valence-corrected chi connectivity index (χ3v) is 3.72. The molecule has 4 aromatic rings. The van der Waals surface area contributed by atoms with Gasteiger partial charge < -0.3 is 0 Å². The van der Waals surface area contributed by atoms with E-state index in [2.05, 4.69) is 29.2 Å². The Hall–Kier alpha value is -3.00. The molecule has 0 saturated carbocycles. The highest BCUT2D eigenvalue weighted by molar-refractivity contribution is 5.82. The molecule has 0 aliphatic carbocycles. The molecule has 4 rings (SSSR count). The van der Waals surface area contributed by atoms with Crippen LogP contribution in [-0.4, -0.2) is 9.97 Å². The molecule has 1 heterocycles. The topological polar surface area (TPSA) is 25.8 Å². The van der Waals surface area contributed by atoms with Gasteiger partial charge in [-0.3, -0.25) is 4.98 Å². The Morgan fingerprint density at radius 1 is 0.545 bits per heavy atom. The van der Waals surface area contributed by atoms with Crippen molar-refractivity contribution in [3.8, 4) is 22.4 Å². The van der Waals surface area contributed by atoms with E-state index in [4.69, 9.17) is 4.98 Å². The van der Waals surface area contributed by atoms with E-state index in [9.17, 15) is 0 Å². The molecule has 0 unspecified atom stereocenters. The molecule has 1 aromatic heterocycles. The first kappa shape index (κ1) is 12.7. The van der Waals surface area contributed by atoms with Crippen LogP contribution in [0.25, 0.3) is 33.4 Å². The lowest BCUT2D eigenvalue weighted by molar-refractivity contribution is 1.29. The van der Waals surface area contributed by atoms with Crippen molar-refractivity contribution in [3.05, 3.63) is 85.1 Å². The van der Waals surface area contributed by atoms with Gasteiger partial charge in [-0.05, 0) is 23.3 Å². The predicted molar refractivity (Wildman–Crippen MR) is 90.4 cm³/mol. The van der Waals surface area contributed by atoms with Crippen molar-refractivity contribution < 1.29 is 0 Å². The van der Waals surface area contributed by atoms with E-state index in [1.54, 1.807) is 0 Å². The predicted octanol–water partition coefficient (Wildman–Crippen LogP) is 4.96. The Balaban J connectivity index is 1.80. The number of hydrogen-bond acceptors (Lipinski definition) is 2. The van der Waals surface area contributed by atoms with Gasteiger partial charge in [0.25, 0.3) is 0 Å². The largest absolute Gasteiger partial charge is 0.252 e. The lowest BCUT2D eigenvalue weighted by atomic mass is 10.0. The standard InChI is InChI=1S/C20H14N2/c1-3-7-15(8-4-1)17-11-12-18-19(13-17)21-14-20(22-18)16-9-5-2-6-10-16/h1-14H. The van der Waals surface area contributed by atoms with Gasteiger partial charge in [-0.25, -0.2) is 4.98 Å². The molecular formula is C20H14N2. The molecule has 0 aliphatic heterocycles. The van der Waals surface area contributed by atoms with Gasteiger partial charge in [0.2, 0.25) is 0 Å². The second-order valence-corrected chi connectivity index (χ2v) is 5.19. The van der Waals surface area contributed by atoms with Crippen molar-refractivity contribution in [3.63, 3.8) is 0 Å². The van der Waals surface area contributed by atoms with Crippen LogP contribution in [0.1, 0.15) is 0 Å². The lowest BCUT2D eigenvalue weighted by Gasteiger charge is -2.05. The van der Waals surface area contributed by atoms with Crippen LogP contribution in [0.15, 0.2) is 85.1 Å². The van der Waals surface area contributed by atoms with Crippen LogP contribution in [0.4, 0.5) is 0 Å². The Labute approximate surface area is 129 Å². The van der Waals surface area contributed by atoms with E-state index in [1.165, 1.54) is 5.56 Å². The van der Waals surface area contributed by atoms with Gasteiger partial charge in [-0.1, -0.05) is 66.7 Å². The third kappa shape index (κ3) is 2.35. The Bertz CT molecular complexity index is 837. The number of benzene rings is 3. The van der Waals surface area contributed by atoms with Gasteiger partial charge in [0.05, 0.1) is 22.9 Å². The summed E-state index contributed by atoms with van der Waals surface area (Å²) in [6, 6.07) is 26.7. The minimum absolute atomic E-state index is 0.903. The summed E-state index contributed by atoms with van der Waals surface area (Å²) in [5.41, 5.74) is 6.18. The van der Waals surface area contributed by atoms with E-state index < -0.39 is 0 Å². The molecule has 0 radical (unpaired) electrons. The number of fused-ring (bicyclic) bond motifs is 1. The molecule has 2 heteroatoms. The van der Waals surface area contributed by atoms with Crippen molar-refractivity contribution in [2.24, 2.45) is 0 Å². The quantitative estimate of drug-likeness (QED) is 0.519. The smallest absolute Gasteiger partial charge is 0.0894 e. The zero-order chi connectivity index (χ0) is 14.8. The van der Waals surface area contributed by atoms with Crippen LogP contribution < -0.4 is 0 Å². The molecule has 0 fully saturated rings. The van der Waals surface area contributed by atoms with Crippen LogP contribution in [0, 0.1) is 0 Å². The highest BCUT2D eigenvalue weighted by atomic mass is 14.8. The molecule has 0 spiro atoms. The minimum Gasteiger partial charge on any atom is -0.252 e. The first-order valence-corrected chi connectivity index (χ1v) is 7.28. The third-order valence-electron chi connectivity index (χ3n) is 3.72. The number of rotatable bonds is 2. The van der Waals surface area contributed by atoms with Crippen molar-refractivity contribution in [2.45, 2.75) is 0 Å². The van der Waals surface area contributed by atoms with E-state index in [0.717, 1.165) is 27.9 Å². The Morgan fingerprint density at radius 3 is 1.95 bits per heavy atom. The van der Waals surface area contributed by atoms with Crippen LogP contribution in [0.3, 0.4) is 0 Å². The van der Waals surface area contributed by atoms with E-state index in [1.807, 2.05) is 60.8 Å². The lowest BCUT2D eigenvalue weighted by Crippen LogP contribution is -1.89. The molecule has 0 aliphatic rings. The van der Waals surface area contributed by atoms with Crippen LogP contribution in [0.5, 0.6) is 0 Å². The molecule has 0 atom stereocenters. The summed E-state index contributed by atoms with van der Waals surface area (Å²) in [5, 5.41) is 0. The highest BCUT2D eigenvalue weighted by Gasteiger charge is 2.04. The molecule has 0 bridgehead atoms. The Kier molecular flexibility index (Phi) is 3.13. The molecule has 104 valence electrons. The summed E-state index contributed by atoms with van der Waals surface area (Å²) in [7, 11) is 0. The number of nitrogens with zero attached hydrogens (tertiary/aromatic N) is 2. The van der Waals surface area contributed by atoms with E-state index in [0.29, 0.717) is 0 Å². The van der Waals surface area contributed by atoms with E-state index >= 15 is 0 Å². The maximum Gasteiger partial charge on any atom is 0.0894 e.